The highest BCUT2D eigenvalue weighted by Gasteiger charge is 2.72. The molecule has 0 amide bonds. The van der Waals surface area contributed by atoms with Crippen molar-refractivity contribution in [2.24, 2.45) is 40.5 Å². The maximum absolute atomic E-state index is 5.21. The number of para-hydroxylation sites is 2. The van der Waals surface area contributed by atoms with Crippen molar-refractivity contribution in [2.45, 2.75) is 88.1 Å². The van der Waals surface area contributed by atoms with Crippen LogP contribution in [0.3, 0.4) is 0 Å². The summed E-state index contributed by atoms with van der Waals surface area (Å²) in [6, 6.07) is 9.35. The Morgan fingerprint density at radius 1 is 0.621 bits per heavy atom. The van der Waals surface area contributed by atoms with Gasteiger partial charge in [-0.2, -0.15) is 4.99 Å². The maximum atomic E-state index is 5.21. The van der Waals surface area contributed by atoms with E-state index in [9.17, 15) is 0 Å². The molecule has 8 bridgehead atoms. The molecule has 0 saturated heterocycles. The fourth-order valence-electron chi connectivity index (χ4n) is 11.3. The molecule has 8 aliphatic carbocycles. The van der Waals surface area contributed by atoms with Gasteiger partial charge in [0.25, 0.3) is 0 Å². The van der Waals surface area contributed by atoms with Gasteiger partial charge >= 0.3 is 0 Å². The molecule has 2 heteroatoms. The SMILES string of the molecule is C1=Nc2ccccc2[N+]1(C12CC3CC(CC(C3)C1)C2)C12CC3CC(CC(C3)C1)C2. The van der Waals surface area contributed by atoms with Crippen molar-refractivity contribution in [3.63, 3.8) is 0 Å². The van der Waals surface area contributed by atoms with Crippen LogP contribution in [0.25, 0.3) is 0 Å². The minimum Gasteiger partial charge on any atom is -0.237 e. The molecule has 1 aromatic carbocycles. The zero-order chi connectivity index (χ0) is 18.8. The Bertz CT molecular complexity index is 796. The minimum absolute atomic E-state index is 0.455. The van der Waals surface area contributed by atoms with Gasteiger partial charge in [0.2, 0.25) is 0 Å². The van der Waals surface area contributed by atoms with E-state index in [0.29, 0.717) is 11.1 Å². The quantitative estimate of drug-likeness (QED) is 0.507. The van der Waals surface area contributed by atoms with Crippen LogP contribution in [0.4, 0.5) is 11.4 Å². The van der Waals surface area contributed by atoms with E-state index in [-0.39, 0.29) is 0 Å². The summed E-state index contributed by atoms with van der Waals surface area (Å²) in [6.07, 6.45) is 20.7. The van der Waals surface area contributed by atoms with Gasteiger partial charge in [-0.25, -0.2) is 4.48 Å². The van der Waals surface area contributed by atoms with Crippen molar-refractivity contribution < 1.29 is 0 Å². The van der Waals surface area contributed by atoms with E-state index < -0.39 is 0 Å². The summed E-state index contributed by atoms with van der Waals surface area (Å²) in [4.78, 5) is 5.21. The lowest BCUT2D eigenvalue weighted by atomic mass is 9.47. The van der Waals surface area contributed by atoms with E-state index in [1.54, 1.807) is 5.69 Å². The molecule has 0 atom stereocenters. The van der Waals surface area contributed by atoms with Crippen molar-refractivity contribution >= 4 is 17.7 Å². The van der Waals surface area contributed by atoms with Gasteiger partial charge in [-0.05, 0) is 80.1 Å². The van der Waals surface area contributed by atoms with Crippen LogP contribution in [-0.2, 0) is 0 Å². The molecule has 1 aliphatic heterocycles. The lowest BCUT2D eigenvalue weighted by molar-refractivity contribution is -0.137. The summed E-state index contributed by atoms with van der Waals surface area (Å²) in [5.41, 5.74) is 3.82. The van der Waals surface area contributed by atoms with E-state index in [1.165, 1.54) is 87.2 Å². The lowest BCUT2D eigenvalue weighted by Crippen LogP contribution is -2.81. The van der Waals surface area contributed by atoms with Crippen molar-refractivity contribution in [3.05, 3.63) is 24.3 Å². The maximum Gasteiger partial charge on any atom is 0.196 e. The molecule has 0 spiro atoms. The fraction of sp³-hybridized carbons (Fsp3) is 0.741. The molecule has 9 aliphatic rings. The number of nitrogens with zero attached hydrogens (tertiary/aromatic N) is 2. The molecule has 0 unspecified atom stereocenters. The van der Waals surface area contributed by atoms with Gasteiger partial charge < -0.3 is 0 Å². The Labute approximate surface area is 175 Å². The Morgan fingerprint density at radius 3 is 1.48 bits per heavy atom. The van der Waals surface area contributed by atoms with Gasteiger partial charge in [-0.1, -0.05) is 12.1 Å². The molecule has 152 valence electrons. The molecule has 0 N–H and O–H groups in total. The van der Waals surface area contributed by atoms with Gasteiger partial charge in [0, 0.05) is 44.6 Å². The second-order valence-electron chi connectivity index (χ2n) is 12.7. The zero-order valence-electron chi connectivity index (χ0n) is 17.7. The molecule has 10 rings (SSSR count). The van der Waals surface area contributed by atoms with Gasteiger partial charge in [-0.3, -0.25) is 0 Å². The third-order valence-corrected chi connectivity index (χ3v) is 11.1. The summed E-state index contributed by atoms with van der Waals surface area (Å²) in [7, 11) is 0. The highest BCUT2D eigenvalue weighted by Crippen LogP contribution is 2.69. The third-order valence-electron chi connectivity index (χ3n) is 11.1. The van der Waals surface area contributed by atoms with Crippen LogP contribution in [0, 0.1) is 35.5 Å². The molecular formula is C27H35N2+. The molecule has 1 heterocycles. The summed E-state index contributed by atoms with van der Waals surface area (Å²) < 4.78 is 1.20. The number of quaternary nitrogens is 1. The molecule has 1 aromatic rings. The molecule has 8 saturated carbocycles. The Hall–Kier alpha value is -1.15. The second kappa shape index (κ2) is 5.18. The second-order valence-corrected chi connectivity index (χ2v) is 12.7. The fourth-order valence-corrected chi connectivity index (χ4v) is 11.3. The minimum atomic E-state index is 0.455. The largest absolute Gasteiger partial charge is 0.237 e. The molecule has 0 radical (unpaired) electrons. The Kier molecular flexibility index (Phi) is 2.95. The van der Waals surface area contributed by atoms with Gasteiger partial charge in [-0.15, -0.1) is 0 Å². The van der Waals surface area contributed by atoms with Gasteiger partial charge in [0.05, 0.1) is 0 Å². The number of rotatable bonds is 2. The van der Waals surface area contributed by atoms with Crippen LogP contribution in [0.1, 0.15) is 77.0 Å². The normalized spacial score (nSPS) is 55.6. The summed E-state index contributed by atoms with van der Waals surface area (Å²) in [5, 5.41) is 0. The van der Waals surface area contributed by atoms with Crippen molar-refractivity contribution in [3.8, 4) is 0 Å². The average molecular weight is 388 g/mol. The summed E-state index contributed by atoms with van der Waals surface area (Å²) in [6.45, 7) is 0. The van der Waals surface area contributed by atoms with E-state index in [2.05, 4.69) is 30.6 Å². The first-order valence-electron chi connectivity index (χ1n) is 12.7. The predicted octanol–water partition coefficient (Wildman–Crippen LogP) is 6.60. The van der Waals surface area contributed by atoms with Crippen molar-refractivity contribution in [1.82, 2.24) is 4.48 Å². The van der Waals surface area contributed by atoms with Crippen LogP contribution < -0.4 is 4.48 Å². The van der Waals surface area contributed by atoms with Crippen LogP contribution in [0.5, 0.6) is 0 Å². The highest BCUT2D eigenvalue weighted by molar-refractivity contribution is 5.91. The first-order chi connectivity index (χ1) is 14.2. The molecule has 0 aromatic heterocycles. The zero-order valence-corrected chi connectivity index (χ0v) is 17.7. The van der Waals surface area contributed by atoms with E-state index in [1.807, 2.05) is 0 Å². The van der Waals surface area contributed by atoms with E-state index in [0.717, 1.165) is 35.5 Å². The standard InChI is InChI=1S/C27H35N2/c1-2-4-25-24(3-1)28-17-29(25,26-11-18-5-19(12-26)7-20(6-18)13-26)27-14-21-8-22(15-27)10-23(9-21)16-27/h1-4,17-23H,5-16H2/q+1. The summed E-state index contributed by atoms with van der Waals surface area (Å²) in [5.74, 6) is 6.04. The Balaban J connectivity index is 1.38. The topological polar surface area (TPSA) is 12.4 Å². The Morgan fingerprint density at radius 2 is 1.03 bits per heavy atom. The molecule has 29 heavy (non-hydrogen) atoms. The molecule has 8 fully saturated rings. The van der Waals surface area contributed by atoms with Crippen LogP contribution in [0.15, 0.2) is 29.3 Å². The predicted molar refractivity (Wildman–Crippen MR) is 118 cm³/mol. The van der Waals surface area contributed by atoms with Crippen molar-refractivity contribution in [1.29, 1.82) is 0 Å². The first kappa shape index (κ1) is 16.5. The van der Waals surface area contributed by atoms with Gasteiger partial charge in [0.15, 0.2) is 12.0 Å². The van der Waals surface area contributed by atoms with Crippen LogP contribution in [-0.4, -0.2) is 17.4 Å². The smallest absolute Gasteiger partial charge is 0.196 e. The lowest BCUT2D eigenvalue weighted by Gasteiger charge is -2.70. The number of benzene rings is 1. The highest BCUT2D eigenvalue weighted by atomic mass is 15.5. The van der Waals surface area contributed by atoms with E-state index in [4.69, 9.17) is 4.99 Å². The van der Waals surface area contributed by atoms with E-state index >= 15 is 0 Å². The van der Waals surface area contributed by atoms with Crippen LogP contribution in [0.2, 0.25) is 0 Å². The number of aliphatic imine (C=N–C) groups is 1. The average Bonchev–Trinajstić information content (AvgIpc) is 3.08. The first-order valence-corrected chi connectivity index (χ1v) is 12.7. The third kappa shape index (κ3) is 1.88. The number of hydrogen-bond donors (Lipinski definition) is 0. The van der Waals surface area contributed by atoms with Gasteiger partial charge in [0.1, 0.15) is 16.8 Å². The molecule has 2 nitrogen and oxygen atoms in total. The molecular weight excluding hydrogens is 352 g/mol. The van der Waals surface area contributed by atoms with Crippen LogP contribution >= 0.6 is 0 Å². The van der Waals surface area contributed by atoms with Crippen molar-refractivity contribution in [2.75, 3.05) is 0 Å². The monoisotopic (exact) mass is 387 g/mol. The number of fused-ring (bicyclic) bond motifs is 1. The summed E-state index contributed by atoms with van der Waals surface area (Å²) >= 11 is 0. The number of hydrogen-bond acceptors (Lipinski definition) is 1.